The minimum absolute atomic E-state index is 0.288. The normalized spacial score (nSPS) is 25.9. The van der Waals surface area contributed by atoms with Crippen LogP contribution in [0.1, 0.15) is 32.6 Å². The monoisotopic (exact) mass is 211 g/mol. The number of carbonyl (C=O) groups is 2. The third kappa shape index (κ3) is 1.91. The molecule has 0 aromatic carbocycles. The molecule has 84 valence electrons. The average Bonchev–Trinajstić information content (AvgIpc) is 2.47. The SMILES string of the molecule is CCCN1CCC2(CC1)CC(=O)OC2=O. The van der Waals surface area contributed by atoms with Crippen LogP contribution >= 0.6 is 0 Å². The predicted molar refractivity (Wildman–Crippen MR) is 54.1 cm³/mol. The highest BCUT2D eigenvalue weighted by molar-refractivity contribution is 5.97. The van der Waals surface area contributed by atoms with Gasteiger partial charge >= 0.3 is 11.9 Å². The van der Waals surface area contributed by atoms with Crippen LogP contribution in [0.4, 0.5) is 0 Å². The molecule has 0 radical (unpaired) electrons. The maximum atomic E-state index is 11.6. The van der Waals surface area contributed by atoms with Gasteiger partial charge in [-0.2, -0.15) is 0 Å². The van der Waals surface area contributed by atoms with E-state index in [1.165, 1.54) is 0 Å². The standard InChI is InChI=1S/C11H17NO3/c1-2-5-12-6-3-11(4-7-12)8-9(13)15-10(11)14/h2-8H2,1H3. The van der Waals surface area contributed by atoms with Gasteiger partial charge in [-0.25, -0.2) is 0 Å². The molecule has 0 atom stereocenters. The van der Waals surface area contributed by atoms with Gasteiger partial charge in [0.1, 0.15) is 0 Å². The van der Waals surface area contributed by atoms with E-state index in [0.29, 0.717) is 6.42 Å². The van der Waals surface area contributed by atoms with Gasteiger partial charge in [0.15, 0.2) is 0 Å². The van der Waals surface area contributed by atoms with Crippen molar-refractivity contribution >= 4 is 11.9 Å². The molecule has 1 spiro atoms. The number of rotatable bonds is 2. The Balaban J connectivity index is 1.97. The first-order valence-electron chi connectivity index (χ1n) is 5.64. The summed E-state index contributed by atoms with van der Waals surface area (Å²) in [5.41, 5.74) is -0.471. The quantitative estimate of drug-likeness (QED) is 0.504. The molecule has 2 fully saturated rings. The van der Waals surface area contributed by atoms with Crippen molar-refractivity contribution in [2.45, 2.75) is 32.6 Å². The largest absolute Gasteiger partial charge is 0.393 e. The zero-order valence-corrected chi connectivity index (χ0v) is 9.12. The summed E-state index contributed by atoms with van der Waals surface area (Å²) >= 11 is 0. The Morgan fingerprint density at radius 2 is 2.00 bits per heavy atom. The lowest BCUT2D eigenvalue weighted by atomic mass is 9.77. The lowest BCUT2D eigenvalue weighted by Gasteiger charge is -2.35. The Bertz CT molecular complexity index is 280. The minimum Gasteiger partial charge on any atom is -0.393 e. The maximum Gasteiger partial charge on any atom is 0.320 e. The predicted octanol–water partition coefficient (Wildman–Crippen LogP) is 0.952. The van der Waals surface area contributed by atoms with E-state index in [4.69, 9.17) is 0 Å². The second kappa shape index (κ2) is 3.93. The highest BCUT2D eigenvalue weighted by Crippen LogP contribution is 2.40. The minimum atomic E-state index is -0.471. The first kappa shape index (κ1) is 10.6. The molecule has 2 aliphatic rings. The summed E-state index contributed by atoms with van der Waals surface area (Å²) in [5, 5.41) is 0. The van der Waals surface area contributed by atoms with Crippen molar-refractivity contribution in [2.24, 2.45) is 5.41 Å². The molecule has 0 saturated carbocycles. The van der Waals surface area contributed by atoms with E-state index < -0.39 is 5.41 Å². The number of hydrogen-bond donors (Lipinski definition) is 0. The second-order valence-electron chi connectivity index (χ2n) is 4.56. The van der Waals surface area contributed by atoms with E-state index in [-0.39, 0.29) is 11.9 Å². The third-order valence-electron chi connectivity index (χ3n) is 3.48. The molecule has 2 rings (SSSR count). The zero-order valence-electron chi connectivity index (χ0n) is 9.12. The van der Waals surface area contributed by atoms with Crippen LogP contribution < -0.4 is 0 Å². The molecule has 4 nitrogen and oxygen atoms in total. The van der Waals surface area contributed by atoms with E-state index >= 15 is 0 Å². The van der Waals surface area contributed by atoms with Crippen molar-refractivity contribution < 1.29 is 14.3 Å². The van der Waals surface area contributed by atoms with Crippen molar-refractivity contribution in [1.82, 2.24) is 4.90 Å². The van der Waals surface area contributed by atoms with Crippen molar-refractivity contribution in [3.63, 3.8) is 0 Å². The molecule has 0 aliphatic carbocycles. The van der Waals surface area contributed by atoms with Gasteiger partial charge in [0, 0.05) is 0 Å². The van der Waals surface area contributed by atoms with Crippen LogP contribution in [-0.2, 0) is 14.3 Å². The summed E-state index contributed by atoms with van der Waals surface area (Å²) in [6.45, 7) is 5.06. The van der Waals surface area contributed by atoms with Gasteiger partial charge in [-0.1, -0.05) is 6.92 Å². The Morgan fingerprint density at radius 3 is 2.47 bits per heavy atom. The molecule has 4 heteroatoms. The number of nitrogens with zero attached hydrogens (tertiary/aromatic N) is 1. The Hall–Kier alpha value is -0.900. The fourth-order valence-corrected chi connectivity index (χ4v) is 2.50. The van der Waals surface area contributed by atoms with E-state index in [1.54, 1.807) is 0 Å². The van der Waals surface area contributed by atoms with Crippen LogP contribution in [0.2, 0.25) is 0 Å². The number of ether oxygens (including phenoxy) is 1. The molecule has 0 amide bonds. The van der Waals surface area contributed by atoms with Gasteiger partial charge in [-0.3, -0.25) is 9.59 Å². The number of hydrogen-bond acceptors (Lipinski definition) is 4. The molecule has 0 bridgehead atoms. The van der Waals surface area contributed by atoms with E-state index in [2.05, 4.69) is 16.6 Å². The molecule has 0 N–H and O–H groups in total. The summed E-state index contributed by atoms with van der Waals surface area (Å²) in [5.74, 6) is -0.632. The van der Waals surface area contributed by atoms with Gasteiger partial charge in [0.05, 0.1) is 11.8 Å². The Labute approximate surface area is 89.6 Å². The lowest BCUT2D eigenvalue weighted by molar-refractivity contribution is -0.156. The summed E-state index contributed by atoms with van der Waals surface area (Å²) in [7, 11) is 0. The van der Waals surface area contributed by atoms with Crippen LogP contribution in [-0.4, -0.2) is 36.5 Å². The summed E-state index contributed by atoms with van der Waals surface area (Å²) in [6.07, 6.45) is 2.98. The molecular formula is C11H17NO3. The van der Waals surface area contributed by atoms with Crippen molar-refractivity contribution in [3.8, 4) is 0 Å². The first-order valence-corrected chi connectivity index (χ1v) is 5.64. The number of carbonyl (C=O) groups excluding carboxylic acids is 2. The van der Waals surface area contributed by atoms with Crippen LogP contribution in [0, 0.1) is 5.41 Å². The molecule has 2 heterocycles. The topological polar surface area (TPSA) is 46.6 Å². The molecule has 15 heavy (non-hydrogen) atoms. The number of likely N-dealkylation sites (tertiary alicyclic amines) is 1. The zero-order chi connectivity index (χ0) is 10.9. The van der Waals surface area contributed by atoms with E-state index in [9.17, 15) is 9.59 Å². The fourth-order valence-electron chi connectivity index (χ4n) is 2.50. The summed E-state index contributed by atoms with van der Waals surface area (Å²) in [4.78, 5) is 25.0. The Kier molecular flexibility index (Phi) is 2.78. The average molecular weight is 211 g/mol. The summed E-state index contributed by atoms with van der Waals surface area (Å²) in [6, 6.07) is 0. The van der Waals surface area contributed by atoms with Crippen molar-refractivity contribution in [2.75, 3.05) is 19.6 Å². The fraction of sp³-hybridized carbons (Fsp3) is 0.818. The van der Waals surface area contributed by atoms with E-state index in [0.717, 1.165) is 38.9 Å². The van der Waals surface area contributed by atoms with Crippen LogP contribution in [0.25, 0.3) is 0 Å². The van der Waals surface area contributed by atoms with Gasteiger partial charge in [0.25, 0.3) is 0 Å². The number of esters is 2. The van der Waals surface area contributed by atoms with Crippen LogP contribution in [0.3, 0.4) is 0 Å². The molecular weight excluding hydrogens is 194 g/mol. The number of cyclic esters (lactones) is 2. The van der Waals surface area contributed by atoms with Crippen LogP contribution in [0.15, 0.2) is 0 Å². The van der Waals surface area contributed by atoms with Crippen LogP contribution in [0.5, 0.6) is 0 Å². The smallest absolute Gasteiger partial charge is 0.320 e. The number of piperidine rings is 1. The van der Waals surface area contributed by atoms with Gasteiger partial charge in [-0.05, 0) is 38.9 Å². The molecule has 2 aliphatic heterocycles. The van der Waals surface area contributed by atoms with Crippen molar-refractivity contribution in [3.05, 3.63) is 0 Å². The summed E-state index contributed by atoms with van der Waals surface area (Å²) < 4.78 is 4.65. The van der Waals surface area contributed by atoms with E-state index in [1.807, 2.05) is 0 Å². The third-order valence-corrected chi connectivity index (χ3v) is 3.48. The van der Waals surface area contributed by atoms with Gasteiger partial charge in [0.2, 0.25) is 0 Å². The van der Waals surface area contributed by atoms with Gasteiger partial charge < -0.3 is 9.64 Å². The molecule has 0 unspecified atom stereocenters. The highest BCUT2D eigenvalue weighted by Gasteiger charge is 2.50. The Morgan fingerprint density at radius 1 is 1.33 bits per heavy atom. The van der Waals surface area contributed by atoms with Gasteiger partial charge in [-0.15, -0.1) is 0 Å². The van der Waals surface area contributed by atoms with Crippen molar-refractivity contribution in [1.29, 1.82) is 0 Å². The second-order valence-corrected chi connectivity index (χ2v) is 4.56. The molecule has 2 saturated heterocycles. The highest BCUT2D eigenvalue weighted by atomic mass is 16.6. The lowest BCUT2D eigenvalue weighted by Crippen LogP contribution is -2.42. The molecule has 0 aromatic heterocycles. The first-order chi connectivity index (χ1) is 7.16. The maximum absolute atomic E-state index is 11.6. The molecule has 0 aromatic rings.